The second kappa shape index (κ2) is 6.32. The molecule has 0 radical (unpaired) electrons. The van der Waals surface area contributed by atoms with Crippen molar-refractivity contribution in [3.63, 3.8) is 0 Å². The fourth-order valence-electron chi connectivity index (χ4n) is 2.00. The summed E-state index contributed by atoms with van der Waals surface area (Å²) in [6, 6.07) is 2.15. The van der Waals surface area contributed by atoms with Crippen LogP contribution in [0.25, 0.3) is 0 Å². The molecule has 0 bridgehead atoms. The van der Waals surface area contributed by atoms with Crippen molar-refractivity contribution in [3.05, 3.63) is 29.3 Å². The second-order valence-electron chi connectivity index (χ2n) is 4.51. The molecule has 0 aliphatic rings. The summed E-state index contributed by atoms with van der Waals surface area (Å²) in [5, 5.41) is 12.9. The average Bonchev–Trinajstić information content (AvgIpc) is 3.05. The molecule has 2 heterocycles. The van der Waals surface area contributed by atoms with E-state index in [9.17, 15) is 0 Å². The maximum atomic E-state index is 4.55. The third-order valence-electron chi connectivity index (χ3n) is 3.14. The molecule has 2 aromatic heterocycles. The van der Waals surface area contributed by atoms with Gasteiger partial charge in [-0.3, -0.25) is 4.68 Å². The summed E-state index contributed by atoms with van der Waals surface area (Å²) in [5.41, 5.74) is 3.29. The maximum Gasteiger partial charge on any atom is 0.0963 e. The van der Waals surface area contributed by atoms with E-state index >= 15 is 0 Å². The Morgan fingerprint density at radius 3 is 2.74 bits per heavy atom. The van der Waals surface area contributed by atoms with Crippen LogP contribution >= 0.6 is 15.9 Å². The van der Waals surface area contributed by atoms with Gasteiger partial charge in [0.1, 0.15) is 0 Å². The van der Waals surface area contributed by atoms with Crippen molar-refractivity contribution in [2.45, 2.75) is 51.5 Å². The molecule has 0 fully saturated rings. The van der Waals surface area contributed by atoms with E-state index in [1.165, 1.54) is 5.69 Å². The highest BCUT2D eigenvalue weighted by atomic mass is 79.9. The molecule has 0 spiro atoms. The molecule has 0 saturated heterocycles. The fourth-order valence-corrected chi connectivity index (χ4v) is 2.21. The van der Waals surface area contributed by atoms with Crippen LogP contribution in [0.5, 0.6) is 0 Å². The van der Waals surface area contributed by atoms with E-state index in [1.54, 1.807) is 0 Å². The summed E-state index contributed by atoms with van der Waals surface area (Å²) in [4.78, 5) is 0.281. The molecule has 104 valence electrons. The number of nitrogens with zero attached hydrogens (tertiary/aromatic N) is 5. The van der Waals surface area contributed by atoms with E-state index in [2.05, 4.69) is 58.2 Å². The van der Waals surface area contributed by atoms with E-state index in [4.69, 9.17) is 0 Å². The molecule has 2 aromatic rings. The highest BCUT2D eigenvalue weighted by Gasteiger charge is 2.11. The predicted octanol–water partition coefficient (Wildman–Crippen LogP) is 2.95. The minimum atomic E-state index is 0.281. The smallest absolute Gasteiger partial charge is 0.0963 e. The normalized spacial score (nSPS) is 12.8. The van der Waals surface area contributed by atoms with Crippen LogP contribution in [0.1, 0.15) is 49.1 Å². The van der Waals surface area contributed by atoms with Gasteiger partial charge in [0.2, 0.25) is 0 Å². The van der Waals surface area contributed by atoms with E-state index in [0.717, 1.165) is 37.3 Å². The Bertz CT molecular complexity index is 531. The first-order valence-electron chi connectivity index (χ1n) is 6.77. The third kappa shape index (κ3) is 3.23. The zero-order valence-corrected chi connectivity index (χ0v) is 13.3. The third-order valence-corrected chi connectivity index (χ3v) is 4.25. The average molecular weight is 326 g/mol. The van der Waals surface area contributed by atoms with Gasteiger partial charge in [-0.05, 0) is 25.8 Å². The van der Waals surface area contributed by atoms with Crippen LogP contribution in [-0.4, -0.2) is 24.8 Å². The number of halogens is 1. The van der Waals surface area contributed by atoms with Crippen molar-refractivity contribution in [3.8, 4) is 0 Å². The first-order valence-corrected chi connectivity index (χ1v) is 7.69. The molecule has 1 unspecified atom stereocenters. The molecule has 5 nitrogen and oxygen atoms in total. The van der Waals surface area contributed by atoms with Gasteiger partial charge in [0, 0.05) is 6.54 Å². The van der Waals surface area contributed by atoms with Gasteiger partial charge in [-0.2, -0.15) is 5.10 Å². The van der Waals surface area contributed by atoms with Crippen LogP contribution in [0.3, 0.4) is 0 Å². The number of hydrogen-bond acceptors (Lipinski definition) is 3. The van der Waals surface area contributed by atoms with Crippen molar-refractivity contribution in [2.75, 3.05) is 0 Å². The van der Waals surface area contributed by atoms with Gasteiger partial charge in [0.25, 0.3) is 0 Å². The van der Waals surface area contributed by atoms with Gasteiger partial charge >= 0.3 is 0 Å². The molecule has 0 N–H and O–H groups in total. The number of alkyl halides is 1. The molecule has 0 amide bonds. The first kappa shape index (κ1) is 14.2. The largest absolute Gasteiger partial charge is 0.268 e. The topological polar surface area (TPSA) is 48.5 Å². The molecule has 0 aliphatic heterocycles. The minimum Gasteiger partial charge on any atom is -0.268 e. The Balaban J connectivity index is 2.16. The highest BCUT2D eigenvalue weighted by Crippen LogP contribution is 2.23. The van der Waals surface area contributed by atoms with Gasteiger partial charge in [0.15, 0.2) is 0 Å². The predicted molar refractivity (Wildman–Crippen MR) is 78.4 cm³/mol. The minimum absolute atomic E-state index is 0.281. The van der Waals surface area contributed by atoms with E-state index in [-0.39, 0.29) is 4.83 Å². The Kier molecular flexibility index (Phi) is 4.74. The van der Waals surface area contributed by atoms with Crippen LogP contribution in [0.4, 0.5) is 0 Å². The van der Waals surface area contributed by atoms with Gasteiger partial charge in [-0.25, -0.2) is 4.68 Å². The zero-order valence-electron chi connectivity index (χ0n) is 11.7. The number of hydrogen-bond donors (Lipinski definition) is 0. The Hall–Kier alpha value is -1.17. The quantitative estimate of drug-likeness (QED) is 0.767. The SMILES string of the molecule is CCc1cc(Cn2cc(C(Br)CC)nn2)n(CC)n1. The van der Waals surface area contributed by atoms with Gasteiger partial charge < -0.3 is 0 Å². The van der Waals surface area contributed by atoms with Crippen LogP contribution in [0, 0.1) is 0 Å². The molecule has 0 saturated carbocycles. The highest BCUT2D eigenvalue weighted by molar-refractivity contribution is 9.09. The summed E-state index contributed by atoms with van der Waals surface area (Å²) >= 11 is 3.59. The first-order chi connectivity index (χ1) is 9.17. The number of rotatable bonds is 6. The van der Waals surface area contributed by atoms with Crippen LogP contribution in [0.2, 0.25) is 0 Å². The lowest BCUT2D eigenvalue weighted by atomic mass is 10.3. The molecular weight excluding hydrogens is 306 g/mol. The van der Waals surface area contributed by atoms with Crippen LogP contribution in [-0.2, 0) is 19.5 Å². The summed E-state index contributed by atoms with van der Waals surface area (Å²) in [6.07, 6.45) is 3.97. The number of aromatic nitrogens is 5. The molecular formula is C13H20BrN5. The van der Waals surface area contributed by atoms with E-state index in [0.29, 0.717) is 0 Å². The fraction of sp³-hybridized carbons (Fsp3) is 0.615. The molecule has 0 aliphatic carbocycles. The van der Waals surface area contributed by atoms with E-state index < -0.39 is 0 Å². The maximum absolute atomic E-state index is 4.55. The molecule has 1 atom stereocenters. The van der Waals surface area contributed by atoms with Crippen molar-refractivity contribution in [1.29, 1.82) is 0 Å². The second-order valence-corrected chi connectivity index (χ2v) is 5.62. The Labute approximate surface area is 122 Å². The van der Waals surface area contributed by atoms with Crippen molar-refractivity contribution in [2.24, 2.45) is 0 Å². The van der Waals surface area contributed by atoms with Gasteiger partial charge in [0.05, 0.1) is 34.7 Å². The summed E-state index contributed by atoms with van der Waals surface area (Å²) in [7, 11) is 0. The molecule has 2 rings (SSSR count). The lowest BCUT2D eigenvalue weighted by molar-refractivity contribution is 0.563. The molecule has 6 heteroatoms. The standard InChI is InChI=1S/C13H20BrN5/c1-4-10-7-11(19(6-3)16-10)8-18-9-13(15-17-18)12(14)5-2/h7,9,12H,4-6,8H2,1-3H3. The van der Waals surface area contributed by atoms with Gasteiger partial charge in [-0.15, -0.1) is 5.10 Å². The van der Waals surface area contributed by atoms with E-state index in [1.807, 2.05) is 15.6 Å². The van der Waals surface area contributed by atoms with Crippen LogP contribution < -0.4 is 0 Å². The molecule has 19 heavy (non-hydrogen) atoms. The molecule has 0 aromatic carbocycles. The zero-order chi connectivity index (χ0) is 13.8. The summed E-state index contributed by atoms with van der Waals surface area (Å²) in [5.74, 6) is 0. The van der Waals surface area contributed by atoms with Crippen LogP contribution in [0.15, 0.2) is 12.3 Å². The van der Waals surface area contributed by atoms with Crippen molar-refractivity contribution >= 4 is 15.9 Å². The monoisotopic (exact) mass is 325 g/mol. The summed E-state index contributed by atoms with van der Waals surface area (Å²) < 4.78 is 3.91. The lowest BCUT2D eigenvalue weighted by Crippen LogP contribution is -2.08. The summed E-state index contributed by atoms with van der Waals surface area (Å²) in [6.45, 7) is 7.95. The lowest BCUT2D eigenvalue weighted by Gasteiger charge is -2.04. The van der Waals surface area contributed by atoms with Gasteiger partial charge in [-0.1, -0.05) is 35.0 Å². The Morgan fingerprint density at radius 1 is 1.32 bits per heavy atom. The van der Waals surface area contributed by atoms with Crippen molar-refractivity contribution < 1.29 is 0 Å². The number of aryl methyl sites for hydroxylation is 2. The van der Waals surface area contributed by atoms with Crippen molar-refractivity contribution in [1.82, 2.24) is 24.8 Å². The Morgan fingerprint density at radius 2 is 2.11 bits per heavy atom.